The van der Waals surface area contributed by atoms with Crippen molar-refractivity contribution in [2.75, 3.05) is 6.54 Å². The second-order valence-electron chi connectivity index (χ2n) is 6.82. The van der Waals surface area contributed by atoms with Crippen LogP contribution in [0.2, 0.25) is 0 Å². The summed E-state index contributed by atoms with van der Waals surface area (Å²) < 4.78 is 65.7. The van der Waals surface area contributed by atoms with Gasteiger partial charge in [0.15, 0.2) is 11.6 Å². The lowest BCUT2D eigenvalue weighted by Crippen LogP contribution is -2.49. The van der Waals surface area contributed by atoms with Crippen molar-refractivity contribution in [3.05, 3.63) is 35.4 Å². The van der Waals surface area contributed by atoms with Gasteiger partial charge in [-0.3, -0.25) is 4.90 Å². The number of rotatable bonds is 1. The molecule has 0 aromatic heterocycles. The molecule has 0 amide bonds. The summed E-state index contributed by atoms with van der Waals surface area (Å²) in [5.41, 5.74) is 0.0364. The Bertz CT molecular complexity index is 532. The minimum absolute atomic E-state index is 0.0287. The van der Waals surface area contributed by atoms with Gasteiger partial charge in [0.25, 0.3) is 0 Å². The van der Waals surface area contributed by atoms with Crippen molar-refractivity contribution in [1.82, 2.24) is 4.90 Å². The third-order valence-corrected chi connectivity index (χ3v) is 4.26. The summed E-state index contributed by atoms with van der Waals surface area (Å²) in [5.74, 6) is -3.43. The van der Waals surface area contributed by atoms with Crippen molar-refractivity contribution in [2.45, 2.75) is 51.4 Å². The number of piperidine rings is 1. The summed E-state index contributed by atoms with van der Waals surface area (Å²) in [5, 5.41) is 0. The molecular weight excluding hydrogens is 301 g/mol. The standard InChI is InChI=1S/C16H20F5N/c1-15(2,3)22-7-6-11(16(19,20)21)9-14(22)10-4-5-12(17)13(18)8-10/h4-5,8,11,14H,6-7,9H2,1-3H3/t11-,14-/m1/s1. The zero-order chi connectivity index (χ0) is 16.7. The van der Waals surface area contributed by atoms with Gasteiger partial charge in [-0.1, -0.05) is 6.07 Å². The Kier molecular flexibility index (Phi) is 4.53. The molecule has 1 fully saturated rings. The number of nitrogens with zero attached hydrogens (tertiary/aromatic N) is 1. The molecule has 0 radical (unpaired) electrons. The zero-order valence-corrected chi connectivity index (χ0v) is 12.8. The average Bonchev–Trinajstić information content (AvgIpc) is 2.39. The van der Waals surface area contributed by atoms with E-state index in [0.717, 1.165) is 12.1 Å². The highest BCUT2D eigenvalue weighted by Crippen LogP contribution is 2.44. The Hall–Kier alpha value is -1.17. The van der Waals surface area contributed by atoms with Gasteiger partial charge in [0.2, 0.25) is 0 Å². The van der Waals surface area contributed by atoms with Gasteiger partial charge < -0.3 is 0 Å². The molecule has 1 aromatic carbocycles. The van der Waals surface area contributed by atoms with Crippen LogP contribution in [0.4, 0.5) is 22.0 Å². The molecule has 1 nitrogen and oxygen atoms in total. The first-order valence-electron chi connectivity index (χ1n) is 7.28. The smallest absolute Gasteiger partial charge is 0.291 e. The Morgan fingerprint density at radius 1 is 1.05 bits per heavy atom. The molecule has 1 saturated heterocycles. The quantitative estimate of drug-likeness (QED) is 0.652. The third kappa shape index (κ3) is 3.59. The Labute approximate surface area is 127 Å². The first kappa shape index (κ1) is 17.2. The lowest BCUT2D eigenvalue weighted by Gasteiger charge is -2.47. The van der Waals surface area contributed by atoms with Gasteiger partial charge >= 0.3 is 6.18 Å². The Morgan fingerprint density at radius 3 is 2.18 bits per heavy atom. The minimum atomic E-state index is -4.26. The van der Waals surface area contributed by atoms with Crippen molar-refractivity contribution in [3.63, 3.8) is 0 Å². The second kappa shape index (κ2) is 5.80. The molecule has 1 heterocycles. The van der Waals surface area contributed by atoms with Crippen LogP contribution in [0.15, 0.2) is 18.2 Å². The first-order valence-corrected chi connectivity index (χ1v) is 7.28. The molecule has 0 N–H and O–H groups in total. The van der Waals surface area contributed by atoms with Gasteiger partial charge in [0, 0.05) is 11.6 Å². The van der Waals surface area contributed by atoms with Gasteiger partial charge in [-0.05, 0) is 57.9 Å². The van der Waals surface area contributed by atoms with E-state index in [9.17, 15) is 22.0 Å². The molecular formula is C16H20F5N. The van der Waals surface area contributed by atoms with E-state index >= 15 is 0 Å². The van der Waals surface area contributed by atoms with E-state index in [1.54, 1.807) is 0 Å². The molecule has 1 aliphatic heterocycles. The van der Waals surface area contributed by atoms with E-state index in [-0.39, 0.29) is 24.9 Å². The largest absolute Gasteiger partial charge is 0.391 e. The van der Waals surface area contributed by atoms with E-state index in [0.29, 0.717) is 5.56 Å². The summed E-state index contributed by atoms with van der Waals surface area (Å²) in [6.45, 7) is 6.01. The number of hydrogen-bond donors (Lipinski definition) is 0. The molecule has 0 unspecified atom stereocenters. The summed E-state index contributed by atoms with van der Waals surface area (Å²) in [6.07, 6.45) is -4.37. The molecule has 1 aliphatic rings. The number of halogens is 5. The maximum Gasteiger partial charge on any atom is 0.391 e. The third-order valence-electron chi connectivity index (χ3n) is 4.26. The van der Waals surface area contributed by atoms with Crippen molar-refractivity contribution in [1.29, 1.82) is 0 Å². The molecule has 0 spiro atoms. The van der Waals surface area contributed by atoms with E-state index in [4.69, 9.17) is 0 Å². The van der Waals surface area contributed by atoms with Crippen LogP contribution in [-0.4, -0.2) is 23.2 Å². The van der Waals surface area contributed by atoms with Crippen molar-refractivity contribution < 1.29 is 22.0 Å². The molecule has 1 aromatic rings. The fraction of sp³-hybridized carbons (Fsp3) is 0.625. The monoisotopic (exact) mass is 321 g/mol. The van der Waals surface area contributed by atoms with Crippen LogP contribution in [-0.2, 0) is 0 Å². The summed E-state index contributed by atoms with van der Waals surface area (Å²) in [7, 11) is 0. The molecule has 6 heteroatoms. The molecule has 0 aliphatic carbocycles. The lowest BCUT2D eigenvalue weighted by molar-refractivity contribution is -0.194. The molecule has 0 bridgehead atoms. The fourth-order valence-electron chi connectivity index (χ4n) is 3.10. The van der Waals surface area contributed by atoms with Crippen LogP contribution in [0.25, 0.3) is 0 Å². The number of likely N-dealkylation sites (tertiary alicyclic amines) is 1. The van der Waals surface area contributed by atoms with Gasteiger partial charge in [0.05, 0.1) is 5.92 Å². The molecule has 124 valence electrons. The second-order valence-corrected chi connectivity index (χ2v) is 6.82. The SMILES string of the molecule is CC(C)(C)N1CC[C@@H](C(F)(F)F)C[C@@H]1c1ccc(F)c(F)c1. The normalized spacial score (nSPS) is 24.5. The van der Waals surface area contributed by atoms with Gasteiger partial charge in [-0.25, -0.2) is 8.78 Å². The molecule has 2 rings (SSSR count). The van der Waals surface area contributed by atoms with Crippen molar-refractivity contribution in [3.8, 4) is 0 Å². The maximum atomic E-state index is 13.5. The molecule has 0 saturated carbocycles. The summed E-state index contributed by atoms with van der Waals surface area (Å²) >= 11 is 0. The number of alkyl halides is 3. The van der Waals surface area contributed by atoms with E-state index < -0.39 is 29.8 Å². The minimum Gasteiger partial charge on any atom is -0.291 e. The highest BCUT2D eigenvalue weighted by atomic mass is 19.4. The topological polar surface area (TPSA) is 3.24 Å². The van der Waals surface area contributed by atoms with Crippen LogP contribution < -0.4 is 0 Å². The summed E-state index contributed by atoms with van der Waals surface area (Å²) in [4.78, 5) is 1.93. The van der Waals surface area contributed by atoms with E-state index in [2.05, 4.69) is 0 Å². The lowest BCUT2D eigenvalue weighted by atomic mass is 9.83. The van der Waals surface area contributed by atoms with Crippen molar-refractivity contribution >= 4 is 0 Å². The van der Waals surface area contributed by atoms with Crippen LogP contribution >= 0.6 is 0 Å². The zero-order valence-electron chi connectivity index (χ0n) is 12.8. The van der Waals surface area contributed by atoms with E-state index in [1.807, 2.05) is 25.7 Å². The summed E-state index contributed by atoms with van der Waals surface area (Å²) in [6, 6.07) is 2.79. The maximum absolute atomic E-state index is 13.5. The van der Waals surface area contributed by atoms with Crippen LogP contribution in [0.3, 0.4) is 0 Å². The number of hydrogen-bond acceptors (Lipinski definition) is 1. The van der Waals surface area contributed by atoms with Crippen LogP contribution in [0.5, 0.6) is 0 Å². The predicted molar refractivity (Wildman–Crippen MR) is 74.3 cm³/mol. The molecule has 22 heavy (non-hydrogen) atoms. The molecule has 2 atom stereocenters. The predicted octanol–water partition coefficient (Wildman–Crippen LogP) is 5.08. The highest BCUT2D eigenvalue weighted by molar-refractivity contribution is 5.23. The van der Waals surface area contributed by atoms with Crippen LogP contribution in [0, 0.1) is 17.6 Å². The fourth-order valence-corrected chi connectivity index (χ4v) is 3.10. The van der Waals surface area contributed by atoms with E-state index in [1.165, 1.54) is 6.07 Å². The van der Waals surface area contributed by atoms with Gasteiger partial charge in [0.1, 0.15) is 0 Å². The van der Waals surface area contributed by atoms with Gasteiger partial charge in [-0.15, -0.1) is 0 Å². The van der Waals surface area contributed by atoms with Crippen molar-refractivity contribution in [2.24, 2.45) is 5.92 Å². The van der Waals surface area contributed by atoms with Crippen LogP contribution in [0.1, 0.15) is 45.2 Å². The Balaban J connectivity index is 2.37. The van der Waals surface area contributed by atoms with Gasteiger partial charge in [-0.2, -0.15) is 13.2 Å². The average molecular weight is 321 g/mol. The Morgan fingerprint density at radius 2 is 1.68 bits per heavy atom. The number of benzene rings is 1. The first-order chi connectivity index (χ1) is 10.00. The highest BCUT2D eigenvalue weighted by Gasteiger charge is 2.46.